The zero-order chi connectivity index (χ0) is 13.4. The number of alkyl halides is 1. The molecule has 0 atom stereocenters. The molecular formula is C8H14Br2N4O2S. The van der Waals surface area contributed by atoms with Crippen LogP contribution in [-0.2, 0) is 17.1 Å². The third-order valence-corrected chi connectivity index (χ3v) is 6.85. The average molecular weight is 390 g/mol. The lowest BCUT2D eigenvalue weighted by atomic mass is 10.1. The largest absolute Gasteiger partial charge is 0.263 e. The summed E-state index contributed by atoms with van der Waals surface area (Å²) in [4.78, 5) is 0. The van der Waals surface area contributed by atoms with Gasteiger partial charge in [0.05, 0.1) is 0 Å². The fraction of sp³-hybridized carbons (Fsp3) is 0.750. The van der Waals surface area contributed by atoms with Gasteiger partial charge in [-0.05, 0) is 29.8 Å². The molecule has 0 saturated carbocycles. The van der Waals surface area contributed by atoms with Crippen LogP contribution in [0.25, 0.3) is 0 Å². The molecule has 1 heterocycles. The van der Waals surface area contributed by atoms with Crippen LogP contribution in [0.4, 0.5) is 0 Å². The summed E-state index contributed by atoms with van der Waals surface area (Å²) in [7, 11) is -0.553. The lowest BCUT2D eigenvalue weighted by Gasteiger charge is -2.32. The van der Waals surface area contributed by atoms with Crippen LogP contribution in [0.1, 0.15) is 13.8 Å². The van der Waals surface area contributed by atoms with Gasteiger partial charge in [0.15, 0.2) is 4.60 Å². The fourth-order valence-corrected chi connectivity index (χ4v) is 4.22. The number of rotatable bonds is 4. The van der Waals surface area contributed by atoms with Crippen molar-refractivity contribution in [1.29, 1.82) is 0 Å². The first-order valence-corrected chi connectivity index (χ1v) is 8.10. The molecule has 0 radical (unpaired) electrons. The van der Waals surface area contributed by atoms with E-state index < -0.39 is 15.6 Å². The lowest BCUT2D eigenvalue weighted by Crippen LogP contribution is -2.46. The van der Waals surface area contributed by atoms with Crippen LogP contribution in [-0.4, -0.2) is 45.6 Å². The van der Waals surface area contributed by atoms with E-state index in [0.717, 1.165) is 0 Å². The first-order chi connectivity index (χ1) is 7.64. The molecule has 1 rings (SSSR count). The smallest absolute Gasteiger partial charge is 0.235 e. The molecule has 0 saturated heterocycles. The van der Waals surface area contributed by atoms with Gasteiger partial charge in [0, 0.05) is 25.0 Å². The normalized spacial score (nSPS) is 13.4. The van der Waals surface area contributed by atoms with Gasteiger partial charge in [0.1, 0.15) is 0 Å². The van der Waals surface area contributed by atoms with E-state index in [1.54, 1.807) is 7.05 Å². The van der Waals surface area contributed by atoms with E-state index in [1.807, 2.05) is 13.8 Å². The van der Waals surface area contributed by atoms with Crippen LogP contribution in [0, 0.1) is 0 Å². The van der Waals surface area contributed by atoms with E-state index >= 15 is 0 Å². The van der Waals surface area contributed by atoms with Gasteiger partial charge in [0.25, 0.3) is 10.0 Å². The van der Waals surface area contributed by atoms with Gasteiger partial charge < -0.3 is 0 Å². The fourth-order valence-electron chi connectivity index (χ4n) is 1.14. The zero-order valence-electron chi connectivity index (χ0n) is 9.98. The van der Waals surface area contributed by atoms with Crippen LogP contribution in [0.2, 0.25) is 0 Å². The molecule has 17 heavy (non-hydrogen) atoms. The van der Waals surface area contributed by atoms with Crippen LogP contribution < -0.4 is 0 Å². The standard InChI is InChI=1S/C8H14Br2N4O2S/c1-8(2,5-9)14(4)17(15,16)7-6(10)11-12-13(7)3/h5H2,1-4H3. The summed E-state index contributed by atoms with van der Waals surface area (Å²) in [5.74, 6) is 0. The lowest BCUT2D eigenvalue weighted by molar-refractivity contribution is 0.297. The van der Waals surface area contributed by atoms with Gasteiger partial charge in [0.2, 0.25) is 5.03 Å². The zero-order valence-corrected chi connectivity index (χ0v) is 14.0. The van der Waals surface area contributed by atoms with Crippen LogP contribution in [0.5, 0.6) is 0 Å². The van der Waals surface area contributed by atoms with Gasteiger partial charge in [-0.3, -0.25) is 0 Å². The first-order valence-electron chi connectivity index (χ1n) is 4.75. The van der Waals surface area contributed by atoms with E-state index in [1.165, 1.54) is 16.0 Å². The van der Waals surface area contributed by atoms with E-state index in [0.29, 0.717) is 5.33 Å². The molecule has 0 N–H and O–H groups in total. The molecule has 1 aromatic rings. The Morgan fingerprint density at radius 3 is 2.35 bits per heavy atom. The summed E-state index contributed by atoms with van der Waals surface area (Å²) >= 11 is 6.41. The summed E-state index contributed by atoms with van der Waals surface area (Å²) < 4.78 is 27.6. The number of aromatic nitrogens is 3. The minimum Gasteiger partial charge on any atom is -0.235 e. The van der Waals surface area contributed by atoms with Crippen molar-refractivity contribution >= 4 is 41.9 Å². The van der Waals surface area contributed by atoms with Gasteiger partial charge in [-0.1, -0.05) is 21.1 Å². The highest BCUT2D eigenvalue weighted by molar-refractivity contribution is 9.10. The van der Waals surface area contributed by atoms with Gasteiger partial charge in [-0.25, -0.2) is 13.1 Å². The molecule has 0 spiro atoms. The molecule has 6 nitrogen and oxygen atoms in total. The molecule has 0 aliphatic rings. The third kappa shape index (κ3) is 2.72. The monoisotopic (exact) mass is 388 g/mol. The SMILES string of the molecule is CN(C(C)(C)CBr)S(=O)(=O)c1c(Br)nnn1C. The Balaban J connectivity index is 3.31. The van der Waals surface area contributed by atoms with Crippen LogP contribution >= 0.6 is 31.9 Å². The second kappa shape index (κ2) is 4.94. The second-order valence-electron chi connectivity index (χ2n) is 4.23. The summed E-state index contributed by atoms with van der Waals surface area (Å²) in [5.41, 5.74) is -0.539. The van der Waals surface area contributed by atoms with Crippen molar-refractivity contribution in [3.8, 4) is 0 Å². The highest BCUT2D eigenvalue weighted by Crippen LogP contribution is 2.27. The van der Waals surface area contributed by atoms with E-state index in [4.69, 9.17) is 0 Å². The predicted molar refractivity (Wildman–Crippen MR) is 71.5 cm³/mol. The number of sulfonamides is 1. The minimum atomic E-state index is -3.63. The molecule has 0 aliphatic carbocycles. The van der Waals surface area contributed by atoms with Crippen LogP contribution in [0.3, 0.4) is 0 Å². The molecule has 1 aromatic heterocycles. The van der Waals surface area contributed by atoms with E-state index in [9.17, 15) is 8.42 Å². The second-order valence-corrected chi connectivity index (χ2v) is 7.42. The molecule has 9 heteroatoms. The Kier molecular flexibility index (Phi) is 4.38. The van der Waals surface area contributed by atoms with Crippen molar-refractivity contribution < 1.29 is 8.42 Å². The summed E-state index contributed by atoms with van der Waals surface area (Å²) in [6, 6.07) is 0. The van der Waals surface area contributed by atoms with Crippen molar-refractivity contribution in [2.75, 3.05) is 12.4 Å². The predicted octanol–water partition coefficient (Wildman–Crippen LogP) is 1.37. The number of aryl methyl sites for hydroxylation is 1. The summed E-state index contributed by atoms with van der Waals surface area (Å²) in [6.07, 6.45) is 0. The maximum absolute atomic E-state index is 12.4. The molecule has 0 aromatic carbocycles. The highest BCUT2D eigenvalue weighted by atomic mass is 79.9. The van der Waals surface area contributed by atoms with Gasteiger partial charge in [-0.2, -0.15) is 4.31 Å². The molecule has 0 aliphatic heterocycles. The van der Waals surface area contributed by atoms with Crippen LogP contribution in [0.15, 0.2) is 9.63 Å². The van der Waals surface area contributed by atoms with Crippen molar-refractivity contribution in [3.63, 3.8) is 0 Å². The summed E-state index contributed by atoms with van der Waals surface area (Å²) in [6.45, 7) is 3.66. The molecule has 0 fully saturated rings. The van der Waals surface area contributed by atoms with Crippen molar-refractivity contribution in [1.82, 2.24) is 19.3 Å². The number of halogens is 2. The van der Waals surface area contributed by atoms with Gasteiger partial charge >= 0.3 is 0 Å². The number of hydrogen-bond donors (Lipinski definition) is 0. The molecule has 98 valence electrons. The third-order valence-electron chi connectivity index (χ3n) is 2.52. The van der Waals surface area contributed by atoms with E-state index in [-0.39, 0.29) is 9.63 Å². The van der Waals surface area contributed by atoms with Crippen molar-refractivity contribution in [2.24, 2.45) is 7.05 Å². The molecular weight excluding hydrogens is 376 g/mol. The highest BCUT2D eigenvalue weighted by Gasteiger charge is 2.36. The first kappa shape index (κ1) is 15.1. The van der Waals surface area contributed by atoms with E-state index in [2.05, 4.69) is 42.2 Å². The minimum absolute atomic E-state index is 0.0500. The number of hydrogen-bond acceptors (Lipinski definition) is 4. The Morgan fingerprint density at radius 2 is 2.00 bits per heavy atom. The molecule has 0 unspecified atom stereocenters. The van der Waals surface area contributed by atoms with Gasteiger partial charge in [-0.15, -0.1) is 5.10 Å². The van der Waals surface area contributed by atoms with Crippen molar-refractivity contribution in [2.45, 2.75) is 24.4 Å². The van der Waals surface area contributed by atoms with Crippen molar-refractivity contribution in [3.05, 3.63) is 4.60 Å². The maximum atomic E-state index is 12.4. The maximum Gasteiger partial charge on any atom is 0.263 e. The quantitative estimate of drug-likeness (QED) is 0.729. The Hall–Kier alpha value is 0.0100. The molecule has 0 amide bonds. The summed E-state index contributed by atoms with van der Waals surface area (Å²) in [5, 5.41) is 7.94. The Bertz CT molecular complexity index is 492. The average Bonchev–Trinajstić information content (AvgIpc) is 2.57. The topological polar surface area (TPSA) is 68.1 Å². The molecule has 0 bridgehead atoms. The Morgan fingerprint density at radius 1 is 1.47 bits per heavy atom. The number of nitrogens with zero attached hydrogens (tertiary/aromatic N) is 4. The Labute approximate surface area is 118 Å².